The molecule has 0 aliphatic heterocycles. The Kier molecular flexibility index (Phi) is 5.29. The average Bonchev–Trinajstić information content (AvgIpc) is 2.26. The van der Waals surface area contributed by atoms with Crippen molar-refractivity contribution in [2.75, 3.05) is 6.61 Å². The molecule has 6 nitrogen and oxygen atoms in total. The Balaban J connectivity index is 3.19. The van der Waals surface area contributed by atoms with E-state index in [4.69, 9.17) is 15.4 Å². The summed E-state index contributed by atoms with van der Waals surface area (Å²) >= 11 is 0. The first-order valence-corrected chi connectivity index (χ1v) is 7.99. The fourth-order valence-electron chi connectivity index (χ4n) is 1.37. The molecule has 0 aromatic heterocycles. The van der Waals surface area contributed by atoms with E-state index in [0.717, 1.165) is 0 Å². The van der Waals surface area contributed by atoms with Gasteiger partial charge in [-0.25, -0.2) is 12.8 Å². The minimum absolute atomic E-state index is 0.158. The van der Waals surface area contributed by atoms with Crippen LogP contribution in [-0.2, 0) is 9.05 Å². The topological polar surface area (TPSA) is 86.5 Å². The maximum atomic E-state index is 13.6. The Morgan fingerprint density at radius 2 is 2.05 bits per heavy atom. The molecule has 0 saturated carbocycles. The number of halogens is 2. The van der Waals surface area contributed by atoms with Crippen LogP contribution < -0.4 is 4.74 Å². The number of benzene rings is 1. The molecule has 1 rings (SSSR count). The highest BCUT2D eigenvalue weighted by molar-refractivity contribution is 8.13. The van der Waals surface area contributed by atoms with Gasteiger partial charge in [0.05, 0.1) is 11.5 Å². The van der Waals surface area contributed by atoms with Crippen molar-refractivity contribution in [2.45, 2.75) is 25.2 Å². The summed E-state index contributed by atoms with van der Waals surface area (Å²) in [5.74, 6) is -1.20. The molecule has 20 heavy (non-hydrogen) atoms. The van der Waals surface area contributed by atoms with Gasteiger partial charge in [-0.05, 0) is 12.3 Å². The van der Waals surface area contributed by atoms with E-state index in [-0.39, 0.29) is 12.4 Å². The number of nitro benzene ring substituents is 1. The zero-order valence-electron chi connectivity index (χ0n) is 10.8. The molecular weight excluding hydrogens is 313 g/mol. The van der Waals surface area contributed by atoms with Crippen molar-refractivity contribution in [2.24, 2.45) is 5.92 Å². The molecule has 0 N–H and O–H groups in total. The fourth-order valence-corrected chi connectivity index (χ4v) is 2.27. The second-order valence-electron chi connectivity index (χ2n) is 4.48. The van der Waals surface area contributed by atoms with Gasteiger partial charge in [-0.1, -0.05) is 13.8 Å². The van der Waals surface area contributed by atoms with Crippen molar-refractivity contribution in [3.8, 4) is 5.75 Å². The van der Waals surface area contributed by atoms with Crippen LogP contribution in [0.1, 0.15) is 20.3 Å². The molecule has 0 unspecified atom stereocenters. The van der Waals surface area contributed by atoms with Crippen LogP contribution >= 0.6 is 10.7 Å². The lowest BCUT2D eigenvalue weighted by Gasteiger charge is -2.09. The maximum absolute atomic E-state index is 13.6. The van der Waals surface area contributed by atoms with Gasteiger partial charge in [0.15, 0.2) is 5.75 Å². The van der Waals surface area contributed by atoms with Crippen molar-refractivity contribution in [1.29, 1.82) is 0 Å². The molecule has 0 aliphatic carbocycles. The molecule has 1 aromatic rings. The van der Waals surface area contributed by atoms with E-state index in [1.165, 1.54) is 0 Å². The standard InChI is InChI=1S/C11H13ClFNO5S/c1-7(2)3-4-19-10-5-8(13)11(20(12,17)18)6-9(10)14(15)16/h5-7H,3-4H2,1-2H3. The number of hydrogen-bond acceptors (Lipinski definition) is 5. The molecule has 0 fully saturated rings. The van der Waals surface area contributed by atoms with Crippen LogP contribution in [0, 0.1) is 21.8 Å². The third-order valence-electron chi connectivity index (χ3n) is 2.43. The van der Waals surface area contributed by atoms with Crippen LogP contribution in [0.15, 0.2) is 17.0 Å². The molecule has 0 aliphatic rings. The molecule has 9 heteroatoms. The van der Waals surface area contributed by atoms with Crippen molar-refractivity contribution in [3.63, 3.8) is 0 Å². The van der Waals surface area contributed by atoms with E-state index in [0.29, 0.717) is 24.5 Å². The van der Waals surface area contributed by atoms with E-state index in [1.54, 1.807) is 0 Å². The molecule has 0 spiro atoms. The summed E-state index contributed by atoms with van der Waals surface area (Å²) in [5, 5.41) is 10.9. The highest BCUT2D eigenvalue weighted by atomic mass is 35.7. The zero-order valence-corrected chi connectivity index (χ0v) is 12.4. The third kappa shape index (κ3) is 4.31. The first-order chi connectivity index (χ1) is 9.12. The van der Waals surface area contributed by atoms with Crippen molar-refractivity contribution >= 4 is 25.4 Å². The van der Waals surface area contributed by atoms with Gasteiger partial charge in [-0.3, -0.25) is 10.1 Å². The van der Waals surface area contributed by atoms with Gasteiger partial charge in [0.25, 0.3) is 9.05 Å². The Morgan fingerprint density at radius 1 is 1.45 bits per heavy atom. The maximum Gasteiger partial charge on any atom is 0.312 e. The Morgan fingerprint density at radius 3 is 2.50 bits per heavy atom. The Labute approximate surface area is 120 Å². The van der Waals surface area contributed by atoms with E-state index in [9.17, 15) is 22.9 Å². The molecule has 0 saturated heterocycles. The largest absolute Gasteiger partial charge is 0.487 e. The van der Waals surface area contributed by atoms with E-state index in [1.807, 2.05) is 13.8 Å². The summed E-state index contributed by atoms with van der Waals surface area (Å²) in [5.41, 5.74) is -0.644. The number of nitro groups is 1. The smallest absolute Gasteiger partial charge is 0.312 e. The quantitative estimate of drug-likeness (QED) is 0.455. The SMILES string of the molecule is CC(C)CCOc1cc(F)c(S(=O)(=O)Cl)cc1[N+](=O)[O-]. The van der Waals surface area contributed by atoms with Crippen LogP contribution in [0.5, 0.6) is 5.75 Å². The van der Waals surface area contributed by atoms with Gasteiger partial charge in [0, 0.05) is 22.8 Å². The molecule has 112 valence electrons. The van der Waals surface area contributed by atoms with Gasteiger partial charge in [0.2, 0.25) is 0 Å². The number of nitrogens with zero attached hydrogens (tertiary/aromatic N) is 1. The Bertz CT molecular complexity index is 617. The van der Waals surface area contributed by atoms with Crippen LogP contribution in [0.4, 0.5) is 10.1 Å². The minimum Gasteiger partial charge on any atom is -0.487 e. The third-order valence-corrected chi connectivity index (χ3v) is 3.76. The van der Waals surface area contributed by atoms with E-state index in [2.05, 4.69) is 0 Å². The first-order valence-electron chi connectivity index (χ1n) is 5.68. The highest BCUT2D eigenvalue weighted by Gasteiger charge is 2.25. The molecule has 0 atom stereocenters. The van der Waals surface area contributed by atoms with Crippen LogP contribution in [0.2, 0.25) is 0 Å². The molecule has 0 heterocycles. The van der Waals surface area contributed by atoms with Gasteiger partial charge in [-0.2, -0.15) is 0 Å². The zero-order chi connectivity index (χ0) is 15.5. The summed E-state index contributed by atoms with van der Waals surface area (Å²) in [7, 11) is 0.605. The predicted molar refractivity (Wildman–Crippen MR) is 71.0 cm³/mol. The summed E-state index contributed by atoms with van der Waals surface area (Å²) in [6.45, 7) is 4.02. The van der Waals surface area contributed by atoms with Gasteiger partial charge in [-0.15, -0.1) is 0 Å². The summed E-state index contributed by atoms with van der Waals surface area (Å²) in [6, 6.07) is 1.22. The summed E-state index contributed by atoms with van der Waals surface area (Å²) in [6.07, 6.45) is 0.619. The Hall–Kier alpha value is -1.41. The number of hydrogen-bond donors (Lipinski definition) is 0. The van der Waals surface area contributed by atoms with Crippen molar-refractivity contribution in [1.82, 2.24) is 0 Å². The monoisotopic (exact) mass is 325 g/mol. The molecule has 0 bridgehead atoms. The lowest BCUT2D eigenvalue weighted by atomic mass is 10.1. The number of rotatable bonds is 6. The molecule has 0 amide bonds. The first kappa shape index (κ1) is 16.6. The molecule has 0 radical (unpaired) electrons. The van der Waals surface area contributed by atoms with E-state index < -0.39 is 30.4 Å². The van der Waals surface area contributed by atoms with Crippen LogP contribution in [0.25, 0.3) is 0 Å². The minimum atomic E-state index is -4.40. The second kappa shape index (κ2) is 6.36. The lowest BCUT2D eigenvalue weighted by Crippen LogP contribution is -2.05. The highest BCUT2D eigenvalue weighted by Crippen LogP contribution is 2.33. The van der Waals surface area contributed by atoms with Gasteiger partial charge < -0.3 is 4.74 Å². The fraction of sp³-hybridized carbons (Fsp3) is 0.455. The number of ether oxygens (including phenoxy) is 1. The average molecular weight is 326 g/mol. The summed E-state index contributed by atoms with van der Waals surface area (Å²) in [4.78, 5) is 9.08. The van der Waals surface area contributed by atoms with Gasteiger partial charge >= 0.3 is 5.69 Å². The van der Waals surface area contributed by atoms with Crippen LogP contribution in [0.3, 0.4) is 0 Å². The predicted octanol–water partition coefficient (Wildman–Crippen LogP) is 3.09. The van der Waals surface area contributed by atoms with Crippen LogP contribution in [-0.4, -0.2) is 19.9 Å². The molecular formula is C11H13ClFNO5S. The summed E-state index contributed by atoms with van der Waals surface area (Å²) < 4.78 is 41.0. The normalized spacial score (nSPS) is 11.7. The molecule has 1 aromatic carbocycles. The van der Waals surface area contributed by atoms with E-state index >= 15 is 0 Å². The lowest BCUT2D eigenvalue weighted by molar-refractivity contribution is -0.386. The van der Waals surface area contributed by atoms with Crippen molar-refractivity contribution < 1.29 is 22.5 Å². The second-order valence-corrected chi connectivity index (χ2v) is 7.01. The van der Waals surface area contributed by atoms with Gasteiger partial charge in [0.1, 0.15) is 10.7 Å². The van der Waals surface area contributed by atoms with Crippen molar-refractivity contribution in [3.05, 3.63) is 28.1 Å².